The first-order valence-corrected chi connectivity index (χ1v) is 20.5. The number of rotatable bonds is 27. The molecule has 0 fully saturated rings. The summed E-state index contributed by atoms with van der Waals surface area (Å²) in [6.07, 6.45) is 0.638. The van der Waals surface area contributed by atoms with Crippen LogP contribution in [0.25, 0.3) is 0 Å². The number of hydrogen-bond donors (Lipinski definition) is 4. The van der Waals surface area contributed by atoms with Crippen molar-refractivity contribution in [3.05, 3.63) is 0 Å². The molecule has 12 nitrogen and oxygen atoms in total. The molecule has 0 saturated heterocycles. The highest BCUT2D eigenvalue weighted by Gasteiger charge is 2.04. The molecule has 0 radical (unpaired) electrons. The highest BCUT2D eigenvalue weighted by molar-refractivity contribution is 8.18. The van der Waals surface area contributed by atoms with Crippen LogP contribution in [0.4, 0.5) is 9.59 Å². The zero-order valence-corrected chi connectivity index (χ0v) is 27.8. The summed E-state index contributed by atoms with van der Waals surface area (Å²) in [5, 5.41) is 24.8. The van der Waals surface area contributed by atoms with E-state index in [4.69, 9.17) is 10.2 Å². The van der Waals surface area contributed by atoms with Gasteiger partial charge in [-0.2, -0.15) is 16.6 Å². The van der Waals surface area contributed by atoms with Crippen LogP contribution < -0.4 is 10.6 Å². The molecule has 2 amide bonds. The third kappa shape index (κ3) is 32.9. The van der Waals surface area contributed by atoms with Crippen molar-refractivity contribution in [2.75, 3.05) is 88.2 Å². The summed E-state index contributed by atoms with van der Waals surface area (Å²) in [6.45, 7) is -0.224. The maximum atomic E-state index is 11.9. The minimum atomic E-state index is -1.08. The Kier molecular flexibility index (Phi) is 33.5. The Bertz CT molecular complexity index is 646. The number of carbonyl (C=O) groups is 2. The van der Waals surface area contributed by atoms with E-state index in [0.29, 0.717) is 29.3 Å². The average molecular weight is 705 g/mol. The predicted molar refractivity (Wildman–Crippen MR) is 176 cm³/mol. The number of aliphatic hydroxyl groups is 2. The lowest BCUT2D eigenvalue weighted by Gasteiger charge is -2.06. The first kappa shape index (κ1) is 39.5. The number of alkyl carbamates (subject to hydrolysis) is 1. The molecule has 0 bridgehead atoms. The third-order valence-corrected chi connectivity index (χ3v) is 11.9. The predicted octanol–water partition coefficient (Wildman–Crippen LogP) is 3.00. The number of nitrogens with one attached hydrogen (secondary N) is 2. The standard InChI is InChI=1S/C19H36N4O8S8/c24-1-3-29-18(26)22-12-36-17-35-11-21-14-39(28)8-7-33-15-32-5-6-38-19(27)23-13-37-16-34-10-20-9-31-30-4-2-25/h9,14,24-25H,1-8,10-13,15-17H2,(H,22,26)(H,23,27)/b20-9+,21-14+. The Morgan fingerprint density at radius 2 is 1.51 bits per heavy atom. The van der Waals surface area contributed by atoms with Gasteiger partial charge >= 0.3 is 6.09 Å². The molecule has 0 saturated carbocycles. The Morgan fingerprint density at radius 1 is 0.846 bits per heavy atom. The number of nitrogens with zero attached hydrogens (tertiary/aromatic N) is 2. The van der Waals surface area contributed by atoms with Gasteiger partial charge in [-0.1, -0.05) is 11.8 Å². The monoisotopic (exact) mass is 704 g/mol. The zero-order valence-electron chi connectivity index (χ0n) is 21.3. The van der Waals surface area contributed by atoms with Crippen molar-refractivity contribution in [3.8, 4) is 0 Å². The van der Waals surface area contributed by atoms with Crippen molar-refractivity contribution >= 4 is 117 Å². The van der Waals surface area contributed by atoms with E-state index in [1.165, 1.54) is 35.5 Å². The molecule has 0 heterocycles. The number of amides is 2. The topological polar surface area (TPSA) is 174 Å². The molecule has 20 heteroatoms. The normalized spacial score (nSPS) is 12.2. The number of aliphatic imine (C=N–C) groups is 2. The van der Waals surface area contributed by atoms with Crippen LogP contribution in [0.1, 0.15) is 0 Å². The first-order valence-electron chi connectivity index (χ1n) is 11.2. The summed E-state index contributed by atoms with van der Waals surface area (Å²) in [7, 11) is 0. The van der Waals surface area contributed by atoms with Crippen LogP contribution in [0, 0.1) is 0 Å². The SMILES string of the molecule is O=C(NCSCSC/N=C/[S+]([O-])CCSCSCCSC(=O)NCSCSC/N=C/OOCCO)OCCO. The maximum Gasteiger partial charge on any atom is 0.407 e. The highest BCUT2D eigenvalue weighted by atomic mass is 32.2. The summed E-state index contributed by atoms with van der Waals surface area (Å²) >= 11 is 9.90. The molecule has 0 spiro atoms. The van der Waals surface area contributed by atoms with Gasteiger partial charge in [-0.05, 0) is 11.2 Å². The lowest BCUT2D eigenvalue weighted by molar-refractivity contribution is -0.221. The molecule has 1 atom stereocenters. The summed E-state index contributed by atoms with van der Waals surface area (Å²) in [5.41, 5.74) is 1.49. The molecule has 0 aliphatic heterocycles. The van der Waals surface area contributed by atoms with Gasteiger partial charge in [-0.3, -0.25) is 4.79 Å². The fourth-order valence-electron chi connectivity index (χ4n) is 1.70. The average Bonchev–Trinajstić information content (AvgIpc) is 2.93. The summed E-state index contributed by atoms with van der Waals surface area (Å²) < 4.78 is 16.6. The van der Waals surface area contributed by atoms with Crippen LogP contribution in [0.15, 0.2) is 9.98 Å². The molecule has 0 aliphatic rings. The Hall–Kier alpha value is 0.520. The quantitative estimate of drug-likeness (QED) is 0.0187. The van der Waals surface area contributed by atoms with E-state index >= 15 is 0 Å². The summed E-state index contributed by atoms with van der Waals surface area (Å²) in [4.78, 5) is 40.2. The lowest BCUT2D eigenvalue weighted by atomic mass is 10.8. The molecule has 0 aromatic rings. The minimum Gasteiger partial charge on any atom is -0.611 e. The highest BCUT2D eigenvalue weighted by Crippen LogP contribution is 2.16. The molecule has 0 aromatic carbocycles. The molecule has 4 N–H and O–H groups in total. The molecule has 39 heavy (non-hydrogen) atoms. The van der Waals surface area contributed by atoms with E-state index in [1.54, 1.807) is 58.8 Å². The van der Waals surface area contributed by atoms with E-state index in [9.17, 15) is 14.1 Å². The molecular weight excluding hydrogens is 669 g/mol. The Balaban J connectivity index is 3.39. The van der Waals surface area contributed by atoms with Crippen molar-refractivity contribution in [2.45, 2.75) is 0 Å². The zero-order chi connectivity index (χ0) is 28.7. The maximum absolute atomic E-state index is 11.9. The van der Waals surface area contributed by atoms with E-state index in [0.717, 1.165) is 32.5 Å². The van der Waals surface area contributed by atoms with Crippen molar-refractivity contribution in [1.29, 1.82) is 0 Å². The number of aliphatic hydroxyl groups excluding tert-OH is 2. The number of hydrogen-bond acceptors (Lipinski definition) is 17. The third-order valence-electron chi connectivity index (χ3n) is 3.24. The second-order valence-corrected chi connectivity index (χ2v) is 15.8. The second kappa shape index (κ2) is 33.0. The lowest BCUT2D eigenvalue weighted by Crippen LogP contribution is -2.24. The molecule has 228 valence electrons. The second-order valence-electron chi connectivity index (χ2n) is 6.19. The molecule has 0 aromatic heterocycles. The summed E-state index contributed by atoms with van der Waals surface area (Å²) in [5.74, 6) is 4.93. The van der Waals surface area contributed by atoms with E-state index < -0.39 is 17.3 Å². The number of carbonyl (C=O) groups excluding carboxylic acids is 2. The Labute approximate surface area is 262 Å². The van der Waals surface area contributed by atoms with Crippen LogP contribution >= 0.6 is 82.3 Å². The molecule has 0 aliphatic carbocycles. The van der Waals surface area contributed by atoms with Crippen LogP contribution in [0.3, 0.4) is 0 Å². The van der Waals surface area contributed by atoms with Crippen molar-refractivity contribution in [1.82, 2.24) is 10.6 Å². The molecular formula is C19H36N4O8S8. The van der Waals surface area contributed by atoms with Crippen LogP contribution in [0.2, 0.25) is 0 Å². The van der Waals surface area contributed by atoms with Gasteiger partial charge in [0.15, 0.2) is 0 Å². The van der Waals surface area contributed by atoms with Crippen molar-refractivity contribution in [2.24, 2.45) is 9.98 Å². The van der Waals surface area contributed by atoms with Gasteiger partial charge in [-0.15, -0.1) is 58.8 Å². The van der Waals surface area contributed by atoms with E-state index in [1.807, 2.05) is 0 Å². The van der Waals surface area contributed by atoms with Gasteiger partial charge in [0.25, 0.3) is 5.24 Å². The van der Waals surface area contributed by atoms with Crippen molar-refractivity contribution < 1.29 is 38.9 Å². The fourth-order valence-corrected chi connectivity index (χ4v) is 8.94. The van der Waals surface area contributed by atoms with Gasteiger partial charge in [0.1, 0.15) is 19.0 Å². The fraction of sp³-hybridized carbons (Fsp3) is 0.789. The number of thioether (sulfide) groups is 7. The molecule has 1 unspecified atom stereocenters. The van der Waals surface area contributed by atoms with E-state index in [2.05, 4.69) is 35.1 Å². The van der Waals surface area contributed by atoms with Gasteiger partial charge in [-0.25, -0.2) is 14.8 Å². The first-order chi connectivity index (χ1) is 19.1. The van der Waals surface area contributed by atoms with E-state index in [-0.39, 0.29) is 31.7 Å². The van der Waals surface area contributed by atoms with Gasteiger partial charge in [0, 0.05) is 32.5 Å². The van der Waals surface area contributed by atoms with Crippen LogP contribution in [-0.2, 0) is 25.7 Å². The van der Waals surface area contributed by atoms with Gasteiger partial charge < -0.3 is 35.0 Å². The smallest absolute Gasteiger partial charge is 0.407 e. The van der Waals surface area contributed by atoms with Crippen LogP contribution in [-0.4, -0.2) is 126 Å². The van der Waals surface area contributed by atoms with Gasteiger partial charge in [0.05, 0.1) is 36.7 Å². The summed E-state index contributed by atoms with van der Waals surface area (Å²) in [6, 6.07) is 0. The Morgan fingerprint density at radius 3 is 2.26 bits per heavy atom. The van der Waals surface area contributed by atoms with Crippen LogP contribution in [0.5, 0.6) is 0 Å². The minimum absolute atomic E-state index is 0.0180. The number of ether oxygens (including phenoxy) is 1. The van der Waals surface area contributed by atoms with Gasteiger partial charge in [0.2, 0.25) is 11.9 Å². The van der Waals surface area contributed by atoms with Crippen molar-refractivity contribution in [3.63, 3.8) is 0 Å². The molecule has 0 rings (SSSR count). The largest absolute Gasteiger partial charge is 0.611 e.